The number of aromatic nitrogens is 1. The molecule has 1 saturated heterocycles. The molecular formula is C36H44N2O5. The largest absolute Gasteiger partial charge is 0.485 e. The molecule has 228 valence electrons. The number of benzene rings is 2. The van der Waals surface area contributed by atoms with Gasteiger partial charge in [0, 0.05) is 38.9 Å². The molecule has 1 aromatic heterocycles. The first-order chi connectivity index (χ1) is 21.0. The number of aryl methyl sites for hydroxylation is 1. The van der Waals surface area contributed by atoms with Crippen molar-refractivity contribution in [1.82, 2.24) is 9.88 Å². The molecule has 43 heavy (non-hydrogen) atoms. The highest BCUT2D eigenvalue weighted by molar-refractivity contribution is 5.73. The number of fused-ring (bicyclic) bond motifs is 1. The molecule has 0 amide bonds. The van der Waals surface area contributed by atoms with Gasteiger partial charge in [0.1, 0.15) is 18.1 Å². The minimum Gasteiger partial charge on any atom is -0.485 e. The van der Waals surface area contributed by atoms with Crippen molar-refractivity contribution in [2.24, 2.45) is 11.8 Å². The number of nitrogens with zero attached hydrogens (tertiary/aromatic N) is 2. The molecule has 0 bridgehead atoms. The van der Waals surface area contributed by atoms with Crippen molar-refractivity contribution >= 4 is 5.97 Å². The number of rotatable bonds is 11. The van der Waals surface area contributed by atoms with E-state index >= 15 is 0 Å². The maximum atomic E-state index is 12.5. The lowest BCUT2D eigenvalue weighted by molar-refractivity contribution is -0.145. The van der Waals surface area contributed by atoms with Crippen molar-refractivity contribution in [3.05, 3.63) is 77.0 Å². The van der Waals surface area contributed by atoms with E-state index in [-0.39, 0.29) is 30.1 Å². The average Bonchev–Trinajstić information content (AvgIpc) is 3.73. The molecule has 1 aliphatic carbocycles. The van der Waals surface area contributed by atoms with Crippen molar-refractivity contribution in [3.63, 3.8) is 0 Å². The Morgan fingerprint density at radius 1 is 1.02 bits per heavy atom. The van der Waals surface area contributed by atoms with Crippen molar-refractivity contribution in [2.75, 3.05) is 34.4 Å². The summed E-state index contributed by atoms with van der Waals surface area (Å²) in [5.74, 6) is 1.90. The molecule has 2 aliphatic heterocycles. The Morgan fingerprint density at radius 3 is 2.56 bits per heavy atom. The molecule has 0 N–H and O–H groups in total. The van der Waals surface area contributed by atoms with Gasteiger partial charge in [0.2, 0.25) is 5.88 Å². The maximum Gasteiger partial charge on any atom is 0.309 e. The standard InChI is InChI=1S/C36H44N2O5/c1-23(36(39)42-4)35(25-8-9-25)28-10-7-24-12-14-31(43-32(24)20-28)27-11-13-30(26-15-16-37-33(21-26)40-2)29(19-27)22-34(41-3)38-17-5-6-18-38/h7,10-11,13,15-16,19-21,23,25,31,34-35H,5-6,8-9,12,14,17-18,22H2,1-4H3/t23?,31-,34?,35?/m1/s1. The highest BCUT2D eigenvalue weighted by Gasteiger charge is 2.39. The Bertz CT molecular complexity index is 1430. The molecule has 0 radical (unpaired) electrons. The average molecular weight is 585 g/mol. The fraction of sp³-hybridized carbons (Fsp3) is 0.500. The summed E-state index contributed by atoms with van der Waals surface area (Å²) in [6.45, 7) is 4.13. The van der Waals surface area contributed by atoms with Gasteiger partial charge >= 0.3 is 5.97 Å². The zero-order valence-electron chi connectivity index (χ0n) is 25.9. The molecule has 3 heterocycles. The number of esters is 1. The van der Waals surface area contributed by atoms with E-state index in [4.69, 9.17) is 18.9 Å². The van der Waals surface area contributed by atoms with Gasteiger partial charge in [-0.15, -0.1) is 0 Å². The third kappa shape index (κ3) is 6.43. The monoisotopic (exact) mass is 584 g/mol. The second-order valence-corrected chi connectivity index (χ2v) is 12.3. The number of pyridine rings is 1. The van der Waals surface area contributed by atoms with Crippen molar-refractivity contribution < 1.29 is 23.7 Å². The normalized spacial score (nSPS) is 20.5. The molecule has 7 nitrogen and oxygen atoms in total. The summed E-state index contributed by atoms with van der Waals surface area (Å²) in [4.78, 5) is 19.3. The van der Waals surface area contributed by atoms with Crippen LogP contribution in [0, 0.1) is 11.8 Å². The molecule has 7 heteroatoms. The van der Waals surface area contributed by atoms with E-state index in [1.54, 1.807) is 13.3 Å². The third-order valence-electron chi connectivity index (χ3n) is 9.63. The predicted molar refractivity (Wildman–Crippen MR) is 166 cm³/mol. The highest BCUT2D eigenvalue weighted by Crippen LogP contribution is 2.48. The van der Waals surface area contributed by atoms with Gasteiger partial charge in [-0.3, -0.25) is 9.69 Å². The summed E-state index contributed by atoms with van der Waals surface area (Å²) in [7, 11) is 4.95. The van der Waals surface area contributed by atoms with E-state index in [2.05, 4.69) is 46.3 Å². The number of methoxy groups -OCH3 is 3. The Hall–Kier alpha value is -3.42. The molecule has 2 fully saturated rings. The second kappa shape index (κ2) is 13.1. The first-order valence-electron chi connectivity index (χ1n) is 15.8. The number of hydrogen-bond acceptors (Lipinski definition) is 7. The fourth-order valence-electron chi connectivity index (χ4n) is 7.12. The Labute approximate surface area is 255 Å². The quantitative estimate of drug-likeness (QED) is 0.231. The SMILES string of the molecule is COC(=O)C(C)C(c1ccc2c(c1)O[C@@H](c1ccc(-c3ccnc(OC)c3)c(CC(OC)N3CCCC3)c1)CC2)C1CC1. The molecule has 0 spiro atoms. The maximum absolute atomic E-state index is 12.5. The number of ether oxygens (including phenoxy) is 4. The van der Waals surface area contributed by atoms with Crippen LogP contribution in [0.3, 0.4) is 0 Å². The molecule has 6 rings (SSSR count). The van der Waals surface area contributed by atoms with Gasteiger partial charge in [-0.1, -0.05) is 37.3 Å². The Morgan fingerprint density at radius 2 is 1.84 bits per heavy atom. The number of hydrogen-bond donors (Lipinski definition) is 0. The van der Waals surface area contributed by atoms with Gasteiger partial charge in [0.05, 0.1) is 20.1 Å². The van der Waals surface area contributed by atoms with Crippen LogP contribution in [0.15, 0.2) is 54.7 Å². The first kappa shape index (κ1) is 29.6. The third-order valence-corrected chi connectivity index (χ3v) is 9.63. The summed E-state index contributed by atoms with van der Waals surface area (Å²) in [6, 6.07) is 17.4. The topological polar surface area (TPSA) is 70.1 Å². The van der Waals surface area contributed by atoms with E-state index in [9.17, 15) is 4.79 Å². The molecule has 3 aromatic rings. The Balaban J connectivity index is 1.30. The van der Waals surface area contributed by atoms with E-state index in [1.165, 1.54) is 42.2 Å². The second-order valence-electron chi connectivity index (χ2n) is 12.3. The number of carbonyl (C=O) groups is 1. The lowest BCUT2D eigenvalue weighted by atomic mass is 9.82. The molecular weight excluding hydrogens is 540 g/mol. The number of carbonyl (C=O) groups excluding carboxylic acids is 1. The highest BCUT2D eigenvalue weighted by atomic mass is 16.5. The zero-order valence-corrected chi connectivity index (χ0v) is 25.9. The smallest absolute Gasteiger partial charge is 0.309 e. The summed E-state index contributed by atoms with van der Waals surface area (Å²) < 4.78 is 23.4. The van der Waals surface area contributed by atoms with Crippen molar-refractivity contribution in [2.45, 2.75) is 70.1 Å². The Kier molecular flexibility index (Phi) is 9.01. The van der Waals surface area contributed by atoms with E-state index in [0.29, 0.717) is 11.8 Å². The van der Waals surface area contributed by atoms with Crippen LogP contribution >= 0.6 is 0 Å². The van der Waals surface area contributed by atoms with Crippen molar-refractivity contribution in [3.8, 4) is 22.8 Å². The summed E-state index contributed by atoms with van der Waals surface area (Å²) >= 11 is 0. The van der Waals surface area contributed by atoms with Gasteiger partial charge in [0.25, 0.3) is 0 Å². The van der Waals surface area contributed by atoms with Crippen LogP contribution in [0.1, 0.15) is 73.3 Å². The predicted octanol–water partition coefficient (Wildman–Crippen LogP) is 6.74. The van der Waals surface area contributed by atoms with E-state index in [0.717, 1.165) is 62.1 Å². The fourth-order valence-corrected chi connectivity index (χ4v) is 7.12. The lowest BCUT2D eigenvalue weighted by Crippen LogP contribution is -2.36. The lowest BCUT2D eigenvalue weighted by Gasteiger charge is -2.30. The molecule has 4 atom stereocenters. The molecule has 3 unspecified atom stereocenters. The van der Waals surface area contributed by atoms with Crippen LogP contribution in [0.5, 0.6) is 11.6 Å². The van der Waals surface area contributed by atoms with Crippen LogP contribution in [-0.4, -0.2) is 56.5 Å². The molecule has 1 saturated carbocycles. The minimum atomic E-state index is -0.179. The summed E-state index contributed by atoms with van der Waals surface area (Å²) in [5.41, 5.74) is 7.05. The van der Waals surface area contributed by atoms with Gasteiger partial charge in [-0.05, 0) is 95.9 Å². The van der Waals surface area contributed by atoms with Crippen molar-refractivity contribution in [1.29, 1.82) is 0 Å². The van der Waals surface area contributed by atoms with Gasteiger partial charge in [-0.2, -0.15) is 0 Å². The summed E-state index contributed by atoms with van der Waals surface area (Å²) in [5, 5.41) is 0. The molecule has 3 aliphatic rings. The number of likely N-dealkylation sites (tertiary alicyclic amines) is 1. The van der Waals surface area contributed by atoms with Crippen LogP contribution in [0.25, 0.3) is 11.1 Å². The van der Waals surface area contributed by atoms with Gasteiger partial charge < -0.3 is 18.9 Å². The van der Waals surface area contributed by atoms with E-state index < -0.39 is 0 Å². The van der Waals surface area contributed by atoms with Gasteiger partial charge in [-0.25, -0.2) is 4.98 Å². The van der Waals surface area contributed by atoms with Gasteiger partial charge in [0.15, 0.2) is 0 Å². The molecule has 2 aromatic carbocycles. The first-order valence-corrected chi connectivity index (χ1v) is 15.8. The van der Waals surface area contributed by atoms with Crippen LogP contribution in [-0.2, 0) is 27.1 Å². The van der Waals surface area contributed by atoms with Crippen LogP contribution in [0.2, 0.25) is 0 Å². The summed E-state index contributed by atoms with van der Waals surface area (Å²) in [6.07, 6.45) is 9.17. The van der Waals surface area contributed by atoms with E-state index in [1.807, 2.05) is 26.2 Å². The van der Waals surface area contributed by atoms with Crippen LogP contribution in [0.4, 0.5) is 0 Å². The minimum absolute atomic E-state index is 0.0203. The zero-order chi connectivity index (χ0) is 29.9. The van der Waals surface area contributed by atoms with Crippen LogP contribution < -0.4 is 9.47 Å².